The minimum Gasteiger partial charge on any atom is -0.445 e. The van der Waals surface area contributed by atoms with Crippen molar-refractivity contribution in [1.82, 2.24) is 5.32 Å². The molecule has 0 aromatic heterocycles. The lowest BCUT2D eigenvalue weighted by Crippen LogP contribution is -2.29. The molecule has 2 unspecified atom stereocenters. The molecule has 26 heavy (non-hydrogen) atoms. The Kier molecular flexibility index (Phi) is 6.10. The van der Waals surface area contributed by atoms with Gasteiger partial charge in [0.1, 0.15) is 12.4 Å². The molecule has 2 rings (SSSR count). The molecule has 0 aliphatic carbocycles. The predicted octanol–water partition coefficient (Wildman–Crippen LogP) is 4.53. The van der Waals surface area contributed by atoms with Crippen LogP contribution in [0.25, 0.3) is 0 Å². The molecule has 0 saturated carbocycles. The number of hydrogen-bond acceptors (Lipinski definition) is 3. The van der Waals surface area contributed by atoms with Crippen LogP contribution in [0.2, 0.25) is 0 Å². The zero-order valence-corrected chi connectivity index (χ0v) is 14.6. The van der Waals surface area contributed by atoms with Gasteiger partial charge in [0.2, 0.25) is 7.37 Å². The quantitative estimate of drug-likeness (QED) is 0.739. The van der Waals surface area contributed by atoms with Crippen LogP contribution < -0.4 is 5.32 Å². The van der Waals surface area contributed by atoms with Crippen LogP contribution in [0.3, 0.4) is 0 Å². The highest BCUT2D eigenvalue weighted by molar-refractivity contribution is 7.57. The van der Waals surface area contributed by atoms with Gasteiger partial charge in [-0.25, -0.2) is 4.79 Å². The first kappa shape index (κ1) is 20.0. The van der Waals surface area contributed by atoms with Crippen molar-refractivity contribution < 1.29 is 32.2 Å². The summed E-state index contributed by atoms with van der Waals surface area (Å²) >= 11 is 0. The zero-order valence-electron chi connectivity index (χ0n) is 13.7. The Morgan fingerprint density at radius 1 is 1.19 bits per heavy atom. The van der Waals surface area contributed by atoms with Crippen molar-refractivity contribution in [2.45, 2.75) is 18.6 Å². The number of benzene rings is 2. The summed E-state index contributed by atoms with van der Waals surface area (Å²) in [6.45, 7) is 0.872. The number of amides is 1. The van der Waals surface area contributed by atoms with Crippen LogP contribution in [0.15, 0.2) is 54.6 Å². The molecule has 1 amide bonds. The van der Waals surface area contributed by atoms with E-state index >= 15 is 0 Å². The number of alkyl halides is 3. The molecule has 0 aliphatic rings. The summed E-state index contributed by atoms with van der Waals surface area (Å²) in [7, 11) is -4.00. The van der Waals surface area contributed by atoms with E-state index in [0.29, 0.717) is 5.56 Å². The Morgan fingerprint density at radius 3 is 2.42 bits per heavy atom. The maximum Gasteiger partial charge on any atom is 0.416 e. The normalized spacial score (nSPS) is 15.0. The van der Waals surface area contributed by atoms with Gasteiger partial charge in [0, 0.05) is 6.66 Å². The van der Waals surface area contributed by atoms with Gasteiger partial charge >= 0.3 is 12.3 Å². The Balaban J connectivity index is 2.16. The monoisotopic (exact) mass is 387 g/mol. The molecule has 0 saturated heterocycles. The second-order valence-electron chi connectivity index (χ2n) is 5.68. The Hall–Kier alpha value is -2.31. The Morgan fingerprint density at radius 2 is 1.85 bits per heavy atom. The first-order valence-electron chi connectivity index (χ1n) is 7.51. The lowest BCUT2D eigenvalue weighted by atomic mass is 10.1. The number of alkyl carbamates (subject to hydrolysis) is 1. The van der Waals surface area contributed by atoms with Gasteiger partial charge in [-0.2, -0.15) is 13.2 Å². The number of hydrogen-bond donors (Lipinski definition) is 2. The highest BCUT2D eigenvalue weighted by Crippen LogP contribution is 2.51. The smallest absolute Gasteiger partial charge is 0.416 e. The van der Waals surface area contributed by atoms with E-state index in [1.165, 1.54) is 6.07 Å². The Bertz CT molecular complexity index is 805. The molecule has 2 atom stereocenters. The van der Waals surface area contributed by atoms with Crippen LogP contribution in [0.5, 0.6) is 0 Å². The summed E-state index contributed by atoms with van der Waals surface area (Å²) in [5.74, 6) is -1.52. The summed E-state index contributed by atoms with van der Waals surface area (Å²) in [6.07, 6.45) is -5.62. The third-order valence-corrected chi connectivity index (χ3v) is 4.86. The SMILES string of the molecule is CP(=O)(O)C(NC(=O)OCc1ccccc1)c1cccc(C(F)(F)F)c1. The van der Waals surface area contributed by atoms with Gasteiger partial charge in [-0.3, -0.25) is 4.57 Å². The summed E-state index contributed by atoms with van der Waals surface area (Å²) < 4.78 is 55.6. The van der Waals surface area contributed by atoms with Gasteiger partial charge < -0.3 is 14.9 Å². The molecular formula is C17H17F3NO4P. The fourth-order valence-corrected chi connectivity index (χ4v) is 3.30. The second kappa shape index (κ2) is 7.93. The van der Waals surface area contributed by atoms with Gasteiger partial charge in [-0.1, -0.05) is 42.5 Å². The zero-order chi connectivity index (χ0) is 19.4. The van der Waals surface area contributed by atoms with Gasteiger partial charge in [0.05, 0.1) is 5.56 Å². The van der Waals surface area contributed by atoms with Gasteiger partial charge in [-0.05, 0) is 23.3 Å². The van der Waals surface area contributed by atoms with Crippen molar-refractivity contribution in [2.75, 3.05) is 6.66 Å². The highest BCUT2D eigenvalue weighted by Gasteiger charge is 2.34. The van der Waals surface area contributed by atoms with E-state index in [1.807, 2.05) is 0 Å². The summed E-state index contributed by atoms with van der Waals surface area (Å²) in [5, 5.41) is 2.18. The topological polar surface area (TPSA) is 75.6 Å². The van der Waals surface area contributed by atoms with E-state index in [-0.39, 0.29) is 12.2 Å². The number of carbonyl (C=O) groups excluding carboxylic acids is 1. The van der Waals surface area contributed by atoms with Crippen molar-refractivity contribution in [3.05, 3.63) is 71.3 Å². The van der Waals surface area contributed by atoms with Crippen LogP contribution in [-0.2, 0) is 22.1 Å². The molecule has 2 N–H and O–H groups in total. The maximum absolute atomic E-state index is 12.9. The van der Waals surface area contributed by atoms with Gasteiger partial charge in [-0.15, -0.1) is 0 Å². The van der Waals surface area contributed by atoms with Gasteiger partial charge in [0.25, 0.3) is 0 Å². The van der Waals surface area contributed by atoms with Crippen LogP contribution in [-0.4, -0.2) is 17.7 Å². The number of nitrogens with one attached hydrogen (secondary N) is 1. The number of rotatable bonds is 5. The average molecular weight is 387 g/mol. The lowest BCUT2D eigenvalue weighted by molar-refractivity contribution is -0.137. The van der Waals surface area contributed by atoms with Crippen molar-refractivity contribution in [2.24, 2.45) is 0 Å². The van der Waals surface area contributed by atoms with E-state index in [0.717, 1.165) is 24.9 Å². The van der Waals surface area contributed by atoms with Crippen LogP contribution in [0.4, 0.5) is 18.0 Å². The first-order valence-corrected chi connectivity index (χ1v) is 9.69. The molecule has 9 heteroatoms. The van der Waals surface area contributed by atoms with Crippen LogP contribution >= 0.6 is 7.37 Å². The molecule has 0 bridgehead atoms. The van der Waals surface area contributed by atoms with Crippen molar-refractivity contribution in [1.29, 1.82) is 0 Å². The summed E-state index contributed by atoms with van der Waals surface area (Å²) in [4.78, 5) is 21.8. The molecule has 0 fully saturated rings. The minimum atomic E-state index is -4.61. The van der Waals surface area contributed by atoms with E-state index in [2.05, 4.69) is 5.32 Å². The van der Waals surface area contributed by atoms with E-state index in [9.17, 15) is 27.4 Å². The van der Waals surface area contributed by atoms with E-state index in [4.69, 9.17) is 4.74 Å². The number of halogens is 3. The van der Waals surface area contributed by atoms with Crippen molar-refractivity contribution >= 4 is 13.5 Å². The molecule has 2 aromatic rings. The number of ether oxygens (including phenoxy) is 1. The fourth-order valence-electron chi connectivity index (χ4n) is 2.24. The van der Waals surface area contributed by atoms with Crippen molar-refractivity contribution in [3.8, 4) is 0 Å². The third kappa shape index (κ3) is 5.61. The summed E-state index contributed by atoms with van der Waals surface area (Å²) in [5.41, 5.74) is -0.417. The average Bonchev–Trinajstić information content (AvgIpc) is 2.57. The number of carbonyl (C=O) groups is 1. The molecule has 140 valence electrons. The van der Waals surface area contributed by atoms with Crippen LogP contribution in [0.1, 0.15) is 22.5 Å². The fraction of sp³-hybridized carbons (Fsp3) is 0.235. The standard InChI is InChI=1S/C17H17F3NO4P/c1-26(23,24)15(13-8-5-9-14(10-13)17(18,19)20)21-16(22)25-11-12-6-3-2-4-7-12/h2-10,15H,11H2,1H3,(H,21,22)(H,23,24). The molecule has 0 aliphatic heterocycles. The predicted molar refractivity (Wildman–Crippen MR) is 89.7 cm³/mol. The van der Waals surface area contributed by atoms with E-state index < -0.39 is 31.0 Å². The van der Waals surface area contributed by atoms with Gasteiger partial charge in [0.15, 0.2) is 0 Å². The highest BCUT2D eigenvalue weighted by atomic mass is 31.2. The molecule has 0 heterocycles. The minimum absolute atomic E-state index is 0.0819. The third-order valence-electron chi connectivity index (χ3n) is 3.48. The maximum atomic E-state index is 12.9. The van der Waals surface area contributed by atoms with Crippen LogP contribution in [0, 0.1) is 0 Å². The van der Waals surface area contributed by atoms with Crippen molar-refractivity contribution in [3.63, 3.8) is 0 Å². The summed E-state index contributed by atoms with van der Waals surface area (Å²) in [6, 6.07) is 12.6. The largest absolute Gasteiger partial charge is 0.445 e. The first-order chi connectivity index (χ1) is 12.1. The molecule has 0 radical (unpaired) electrons. The van der Waals surface area contributed by atoms with E-state index in [1.54, 1.807) is 30.3 Å². The second-order valence-corrected chi connectivity index (χ2v) is 8.08. The Labute approximate surface area is 148 Å². The molecular weight excluding hydrogens is 370 g/mol. The molecule has 5 nitrogen and oxygen atoms in total. The molecule has 2 aromatic carbocycles. The molecule has 0 spiro atoms. The lowest BCUT2D eigenvalue weighted by Gasteiger charge is -2.22.